The molecular weight excluding hydrogens is 245 g/mol. The molecule has 4 nitrogen and oxygen atoms in total. The number of amides is 2. The molecule has 0 radical (unpaired) electrons. The number of para-hydroxylation sites is 1. The maximum atomic E-state index is 13.4. The van der Waals surface area contributed by atoms with E-state index < -0.39 is 5.82 Å². The summed E-state index contributed by atoms with van der Waals surface area (Å²) in [6.07, 6.45) is 0. The highest BCUT2D eigenvalue weighted by Crippen LogP contribution is 2.18. The van der Waals surface area contributed by atoms with Crippen LogP contribution in [0.3, 0.4) is 0 Å². The van der Waals surface area contributed by atoms with Crippen molar-refractivity contribution in [2.45, 2.75) is 19.9 Å². The summed E-state index contributed by atoms with van der Waals surface area (Å²) < 4.78 is 13.4. The number of carbonyl (C=O) groups is 1. The van der Waals surface area contributed by atoms with Crippen LogP contribution in [0.2, 0.25) is 0 Å². The topological polar surface area (TPSA) is 35.6 Å². The lowest BCUT2D eigenvalue weighted by molar-refractivity contribution is 0.0685. The highest BCUT2D eigenvalue weighted by atomic mass is 19.1. The van der Waals surface area contributed by atoms with E-state index in [-0.39, 0.29) is 11.7 Å². The van der Waals surface area contributed by atoms with Gasteiger partial charge in [0.25, 0.3) is 0 Å². The minimum Gasteiger partial charge on any atom is -0.321 e. The van der Waals surface area contributed by atoms with Gasteiger partial charge in [-0.2, -0.15) is 0 Å². The van der Waals surface area contributed by atoms with Crippen LogP contribution in [0.15, 0.2) is 24.3 Å². The molecule has 1 aliphatic heterocycles. The Hall–Kier alpha value is -1.62. The van der Waals surface area contributed by atoms with Gasteiger partial charge in [0.05, 0.1) is 5.69 Å². The first-order valence-corrected chi connectivity index (χ1v) is 6.70. The summed E-state index contributed by atoms with van der Waals surface area (Å²) in [5.41, 5.74) is 0.235. The van der Waals surface area contributed by atoms with Crippen LogP contribution >= 0.6 is 0 Å². The van der Waals surface area contributed by atoms with Crippen LogP contribution < -0.4 is 5.32 Å². The zero-order valence-electron chi connectivity index (χ0n) is 11.4. The van der Waals surface area contributed by atoms with Gasteiger partial charge in [-0.25, -0.2) is 9.18 Å². The molecular formula is C14H20FN3O. The number of halogens is 1. The minimum atomic E-state index is -0.406. The predicted octanol–water partition coefficient (Wildman–Crippen LogP) is 2.38. The van der Waals surface area contributed by atoms with Gasteiger partial charge in [0.1, 0.15) is 5.82 Å². The molecule has 2 rings (SSSR count). The van der Waals surface area contributed by atoms with Crippen molar-refractivity contribution in [1.29, 1.82) is 0 Å². The number of likely N-dealkylation sites (N-methyl/N-ethyl adjacent to an activating group) is 1. The van der Waals surface area contributed by atoms with E-state index in [0.717, 1.165) is 13.1 Å². The second kappa shape index (κ2) is 6.02. The fraction of sp³-hybridized carbons (Fsp3) is 0.500. The molecule has 104 valence electrons. The molecule has 1 aromatic rings. The molecule has 0 saturated carbocycles. The summed E-state index contributed by atoms with van der Waals surface area (Å²) in [4.78, 5) is 16.0. The number of rotatable bonds is 4. The number of urea groups is 1. The molecule has 0 aromatic heterocycles. The van der Waals surface area contributed by atoms with E-state index in [2.05, 4.69) is 24.1 Å². The first-order chi connectivity index (χ1) is 9.15. The Kier molecular flexibility index (Phi) is 4.37. The van der Waals surface area contributed by atoms with E-state index in [9.17, 15) is 9.18 Å². The fourth-order valence-corrected chi connectivity index (χ4v) is 2.35. The Balaban J connectivity index is 1.85. The number of nitrogens with zero attached hydrogens (tertiary/aromatic N) is 2. The second-order valence-electron chi connectivity index (χ2n) is 4.69. The van der Waals surface area contributed by atoms with Crippen molar-refractivity contribution in [3.8, 4) is 0 Å². The number of likely N-dealkylation sites (tertiary alicyclic amines) is 1. The monoisotopic (exact) mass is 265 g/mol. The van der Waals surface area contributed by atoms with Crippen LogP contribution in [0.5, 0.6) is 0 Å². The lowest BCUT2D eigenvalue weighted by Gasteiger charge is -2.44. The summed E-state index contributed by atoms with van der Waals surface area (Å²) >= 11 is 0. The Morgan fingerprint density at radius 2 is 2.00 bits per heavy atom. The molecule has 0 bridgehead atoms. The Labute approximate surface area is 113 Å². The number of nitrogens with one attached hydrogen (secondary N) is 1. The third kappa shape index (κ3) is 3.04. The van der Waals surface area contributed by atoms with Gasteiger partial charge >= 0.3 is 6.03 Å². The second-order valence-corrected chi connectivity index (χ2v) is 4.69. The molecule has 1 aliphatic rings. The molecule has 5 heteroatoms. The van der Waals surface area contributed by atoms with Gasteiger partial charge in [0, 0.05) is 19.1 Å². The third-order valence-corrected chi connectivity index (χ3v) is 3.59. The highest BCUT2D eigenvalue weighted by molar-refractivity contribution is 5.90. The van der Waals surface area contributed by atoms with Gasteiger partial charge in [0.15, 0.2) is 0 Å². The molecule has 0 atom stereocenters. The van der Waals surface area contributed by atoms with Gasteiger partial charge in [-0.1, -0.05) is 26.0 Å². The number of carbonyl (C=O) groups excluding carboxylic acids is 1. The lowest BCUT2D eigenvalue weighted by atomic mass is 10.1. The van der Waals surface area contributed by atoms with Gasteiger partial charge in [-0.15, -0.1) is 0 Å². The molecule has 0 unspecified atom stereocenters. The molecule has 0 aliphatic carbocycles. The number of benzene rings is 1. The van der Waals surface area contributed by atoms with Gasteiger partial charge in [-0.3, -0.25) is 4.90 Å². The molecule has 19 heavy (non-hydrogen) atoms. The van der Waals surface area contributed by atoms with Crippen LogP contribution in [-0.4, -0.2) is 48.1 Å². The predicted molar refractivity (Wildman–Crippen MR) is 73.7 cm³/mol. The Morgan fingerprint density at radius 1 is 1.37 bits per heavy atom. The maximum Gasteiger partial charge on any atom is 0.322 e. The number of hydrogen-bond acceptors (Lipinski definition) is 2. The van der Waals surface area contributed by atoms with E-state index >= 15 is 0 Å². The molecule has 1 N–H and O–H groups in total. The van der Waals surface area contributed by atoms with Crippen LogP contribution in [0.4, 0.5) is 14.9 Å². The van der Waals surface area contributed by atoms with E-state index in [1.165, 1.54) is 6.07 Å². The van der Waals surface area contributed by atoms with Crippen molar-refractivity contribution >= 4 is 11.7 Å². The van der Waals surface area contributed by atoms with Crippen LogP contribution in [0, 0.1) is 5.82 Å². The van der Waals surface area contributed by atoms with Crippen molar-refractivity contribution in [3.05, 3.63) is 30.1 Å². The van der Waals surface area contributed by atoms with Crippen molar-refractivity contribution in [2.24, 2.45) is 0 Å². The average Bonchev–Trinajstić information content (AvgIpc) is 2.35. The fourth-order valence-electron chi connectivity index (χ4n) is 2.35. The largest absolute Gasteiger partial charge is 0.322 e. The first-order valence-electron chi connectivity index (χ1n) is 6.70. The summed E-state index contributed by atoms with van der Waals surface area (Å²) in [5.74, 6) is -0.406. The Bertz CT molecular complexity index is 442. The van der Waals surface area contributed by atoms with Crippen molar-refractivity contribution in [2.75, 3.05) is 31.5 Å². The third-order valence-electron chi connectivity index (χ3n) is 3.59. The van der Waals surface area contributed by atoms with Gasteiger partial charge < -0.3 is 10.2 Å². The number of anilines is 1. The molecule has 1 heterocycles. The van der Waals surface area contributed by atoms with Crippen molar-refractivity contribution in [3.63, 3.8) is 0 Å². The van der Waals surface area contributed by atoms with E-state index in [4.69, 9.17) is 0 Å². The molecule has 2 amide bonds. The average molecular weight is 265 g/mol. The molecule has 1 saturated heterocycles. The summed E-state index contributed by atoms with van der Waals surface area (Å²) in [5, 5.41) is 2.60. The molecule has 0 spiro atoms. The van der Waals surface area contributed by atoms with Crippen LogP contribution in [-0.2, 0) is 0 Å². The van der Waals surface area contributed by atoms with Gasteiger partial charge in [-0.05, 0) is 25.2 Å². The summed E-state index contributed by atoms with van der Waals surface area (Å²) in [7, 11) is 0. The van der Waals surface area contributed by atoms with Crippen molar-refractivity contribution in [1.82, 2.24) is 9.80 Å². The minimum absolute atomic E-state index is 0.228. The summed E-state index contributed by atoms with van der Waals surface area (Å²) in [6, 6.07) is 6.41. The van der Waals surface area contributed by atoms with E-state index in [1.54, 1.807) is 23.1 Å². The lowest BCUT2D eigenvalue weighted by Crippen LogP contribution is -2.61. The van der Waals surface area contributed by atoms with Crippen LogP contribution in [0.25, 0.3) is 0 Å². The first kappa shape index (κ1) is 13.8. The van der Waals surface area contributed by atoms with E-state index in [1.807, 2.05) is 0 Å². The quantitative estimate of drug-likeness (QED) is 0.907. The van der Waals surface area contributed by atoms with Gasteiger partial charge in [0.2, 0.25) is 0 Å². The SMILES string of the molecule is CCN(CC)C1CN(C(=O)Nc2ccccc2F)C1. The normalized spacial score (nSPS) is 15.5. The summed E-state index contributed by atoms with van der Waals surface area (Å²) in [6.45, 7) is 7.63. The number of hydrogen-bond donors (Lipinski definition) is 1. The maximum absolute atomic E-state index is 13.4. The zero-order chi connectivity index (χ0) is 13.8. The zero-order valence-corrected chi connectivity index (χ0v) is 11.4. The van der Waals surface area contributed by atoms with E-state index in [0.29, 0.717) is 19.1 Å². The smallest absolute Gasteiger partial charge is 0.321 e. The highest BCUT2D eigenvalue weighted by Gasteiger charge is 2.33. The van der Waals surface area contributed by atoms with Crippen molar-refractivity contribution < 1.29 is 9.18 Å². The molecule has 1 aromatic carbocycles. The Morgan fingerprint density at radius 3 is 2.58 bits per heavy atom. The standard InChI is InChI=1S/C14H20FN3O/c1-3-17(4-2)11-9-18(10-11)14(19)16-13-8-6-5-7-12(13)15/h5-8,11H,3-4,9-10H2,1-2H3,(H,16,19). The molecule has 1 fully saturated rings. The van der Waals surface area contributed by atoms with Crippen LogP contribution in [0.1, 0.15) is 13.8 Å².